The summed E-state index contributed by atoms with van der Waals surface area (Å²) in [5.41, 5.74) is 7.39. The molecule has 1 aromatic rings. The molecule has 4 amide bonds. The van der Waals surface area contributed by atoms with Crippen LogP contribution in [0.25, 0.3) is 0 Å². The van der Waals surface area contributed by atoms with Gasteiger partial charge in [-0.1, -0.05) is 38.0 Å². The number of nitrogens with one attached hydrogen (secondary N) is 2. The summed E-state index contributed by atoms with van der Waals surface area (Å²) >= 11 is 0. The van der Waals surface area contributed by atoms with E-state index in [1.54, 1.807) is 20.8 Å². The van der Waals surface area contributed by atoms with Crippen molar-refractivity contribution >= 4 is 23.8 Å². The van der Waals surface area contributed by atoms with E-state index in [0.29, 0.717) is 12.1 Å². The SMILES string of the molecule is CCCCCNC(=O)C(c1ccc(C)c(C)c1)N(C(=O)C(CC(N)=O)NC(=O)OC(C)(C)C)C1CC1. The minimum absolute atomic E-state index is 0.179. The number of nitrogens with two attached hydrogens (primary N) is 1. The van der Waals surface area contributed by atoms with Crippen LogP contribution in [0.15, 0.2) is 18.2 Å². The highest BCUT2D eigenvalue weighted by molar-refractivity contribution is 5.95. The molecule has 0 heterocycles. The van der Waals surface area contributed by atoms with Gasteiger partial charge in [-0.2, -0.15) is 0 Å². The zero-order chi connectivity index (χ0) is 27.0. The van der Waals surface area contributed by atoms with Crippen LogP contribution in [0.5, 0.6) is 0 Å². The van der Waals surface area contributed by atoms with Crippen LogP contribution in [0.4, 0.5) is 4.79 Å². The lowest BCUT2D eigenvalue weighted by atomic mass is 9.98. The minimum atomic E-state index is -1.25. The molecule has 200 valence electrons. The highest BCUT2D eigenvalue weighted by atomic mass is 16.6. The molecule has 2 rings (SSSR count). The van der Waals surface area contributed by atoms with Crippen molar-refractivity contribution in [3.63, 3.8) is 0 Å². The molecule has 1 aliphatic rings. The first-order chi connectivity index (χ1) is 16.8. The maximum absolute atomic E-state index is 13.9. The van der Waals surface area contributed by atoms with E-state index in [-0.39, 0.29) is 11.9 Å². The van der Waals surface area contributed by atoms with Gasteiger partial charge in [0.05, 0.1) is 6.42 Å². The Hall–Kier alpha value is -3.10. The fraction of sp³-hybridized carbons (Fsp3) is 0.630. The number of alkyl carbamates (subject to hydrolysis) is 1. The van der Waals surface area contributed by atoms with E-state index in [1.807, 2.05) is 32.0 Å². The van der Waals surface area contributed by atoms with Crippen LogP contribution in [0, 0.1) is 13.8 Å². The normalized spacial score (nSPS) is 14.9. The van der Waals surface area contributed by atoms with Crippen molar-refractivity contribution < 1.29 is 23.9 Å². The van der Waals surface area contributed by atoms with E-state index in [1.165, 1.54) is 4.90 Å². The number of carbonyl (C=O) groups is 4. The van der Waals surface area contributed by atoms with Crippen molar-refractivity contribution in [1.29, 1.82) is 0 Å². The summed E-state index contributed by atoms with van der Waals surface area (Å²) in [6.07, 6.45) is 3.07. The number of rotatable bonds is 12. The van der Waals surface area contributed by atoms with E-state index in [4.69, 9.17) is 10.5 Å². The van der Waals surface area contributed by atoms with E-state index in [0.717, 1.165) is 43.2 Å². The molecule has 0 bridgehead atoms. The van der Waals surface area contributed by atoms with Crippen molar-refractivity contribution in [2.24, 2.45) is 5.73 Å². The lowest BCUT2D eigenvalue weighted by Crippen LogP contribution is -2.54. The van der Waals surface area contributed by atoms with Gasteiger partial charge in [0.1, 0.15) is 17.7 Å². The van der Waals surface area contributed by atoms with Crippen molar-refractivity contribution in [1.82, 2.24) is 15.5 Å². The van der Waals surface area contributed by atoms with Crippen LogP contribution in [-0.4, -0.2) is 52.9 Å². The Morgan fingerprint density at radius 2 is 1.78 bits per heavy atom. The molecule has 36 heavy (non-hydrogen) atoms. The van der Waals surface area contributed by atoms with Crippen LogP contribution in [0.1, 0.15) is 89.0 Å². The second kappa shape index (κ2) is 12.7. The summed E-state index contributed by atoms with van der Waals surface area (Å²) in [5, 5.41) is 5.49. The first-order valence-electron chi connectivity index (χ1n) is 12.8. The summed E-state index contributed by atoms with van der Waals surface area (Å²) in [4.78, 5) is 53.2. The van der Waals surface area contributed by atoms with E-state index in [9.17, 15) is 19.2 Å². The van der Waals surface area contributed by atoms with Gasteiger partial charge < -0.3 is 26.0 Å². The first kappa shape index (κ1) is 29.1. The molecule has 1 saturated carbocycles. The third kappa shape index (κ3) is 8.84. The number of ether oxygens (including phenoxy) is 1. The average molecular weight is 503 g/mol. The molecule has 1 aromatic carbocycles. The summed E-state index contributed by atoms with van der Waals surface area (Å²) in [6, 6.07) is 3.37. The third-order valence-electron chi connectivity index (χ3n) is 6.04. The molecule has 9 heteroatoms. The maximum atomic E-state index is 13.9. The number of nitrogens with zero attached hydrogens (tertiary/aromatic N) is 1. The summed E-state index contributed by atoms with van der Waals surface area (Å²) in [6.45, 7) is 11.6. The monoisotopic (exact) mass is 502 g/mol. The maximum Gasteiger partial charge on any atom is 0.408 e. The number of hydrogen-bond donors (Lipinski definition) is 3. The van der Waals surface area contributed by atoms with Crippen molar-refractivity contribution in [2.75, 3.05) is 6.54 Å². The van der Waals surface area contributed by atoms with E-state index < -0.39 is 42.0 Å². The van der Waals surface area contributed by atoms with Crippen LogP contribution in [0.3, 0.4) is 0 Å². The molecule has 4 N–H and O–H groups in total. The molecule has 0 spiro atoms. The number of unbranched alkanes of at least 4 members (excludes halogenated alkanes) is 2. The lowest BCUT2D eigenvalue weighted by molar-refractivity contribution is -0.144. The molecule has 1 fully saturated rings. The largest absolute Gasteiger partial charge is 0.444 e. The molecule has 0 radical (unpaired) electrons. The minimum Gasteiger partial charge on any atom is -0.444 e. The van der Waals surface area contributed by atoms with Gasteiger partial charge in [0.2, 0.25) is 17.7 Å². The second-order valence-electron chi connectivity index (χ2n) is 10.6. The first-order valence-corrected chi connectivity index (χ1v) is 12.8. The van der Waals surface area contributed by atoms with Gasteiger partial charge in [0.15, 0.2) is 0 Å². The van der Waals surface area contributed by atoms with Gasteiger partial charge in [0, 0.05) is 12.6 Å². The highest BCUT2D eigenvalue weighted by Gasteiger charge is 2.44. The summed E-state index contributed by atoms with van der Waals surface area (Å²) < 4.78 is 5.30. The third-order valence-corrected chi connectivity index (χ3v) is 6.04. The number of benzene rings is 1. The van der Waals surface area contributed by atoms with Crippen LogP contribution in [0.2, 0.25) is 0 Å². The number of amides is 4. The topological polar surface area (TPSA) is 131 Å². The smallest absolute Gasteiger partial charge is 0.408 e. The Balaban J connectivity index is 2.42. The molecule has 2 unspecified atom stereocenters. The van der Waals surface area contributed by atoms with Gasteiger partial charge in [-0.15, -0.1) is 0 Å². The van der Waals surface area contributed by atoms with Crippen LogP contribution >= 0.6 is 0 Å². The summed E-state index contributed by atoms with van der Waals surface area (Å²) in [5.74, 6) is -1.56. The fourth-order valence-electron chi connectivity index (χ4n) is 3.96. The molecule has 1 aliphatic carbocycles. The van der Waals surface area contributed by atoms with Crippen molar-refractivity contribution in [2.45, 2.75) is 104 Å². The Labute approximate surface area is 214 Å². The van der Waals surface area contributed by atoms with Crippen LogP contribution < -0.4 is 16.4 Å². The molecule has 0 aliphatic heterocycles. The summed E-state index contributed by atoms with van der Waals surface area (Å²) in [7, 11) is 0. The second-order valence-corrected chi connectivity index (χ2v) is 10.6. The lowest BCUT2D eigenvalue weighted by Gasteiger charge is -2.34. The number of hydrogen-bond acceptors (Lipinski definition) is 5. The molecule has 2 atom stereocenters. The molecular formula is C27H42N4O5. The number of aryl methyl sites for hydroxylation is 2. The number of carbonyl (C=O) groups excluding carboxylic acids is 4. The standard InChI is InChI=1S/C27H42N4O5/c1-7-8-9-14-29-24(33)23(19-11-10-17(2)18(3)15-19)31(20-12-13-20)25(34)21(16-22(28)32)30-26(35)36-27(4,5)6/h10-11,15,20-21,23H,7-9,12-14,16H2,1-6H3,(H2,28,32)(H,29,33)(H,30,35). The van der Waals surface area contributed by atoms with E-state index >= 15 is 0 Å². The molecule has 9 nitrogen and oxygen atoms in total. The number of primary amides is 1. The fourth-order valence-corrected chi connectivity index (χ4v) is 3.96. The zero-order valence-corrected chi connectivity index (χ0v) is 22.5. The molecular weight excluding hydrogens is 460 g/mol. The Morgan fingerprint density at radius 1 is 1.11 bits per heavy atom. The Bertz CT molecular complexity index is 952. The van der Waals surface area contributed by atoms with Crippen molar-refractivity contribution in [3.05, 3.63) is 34.9 Å². The quantitative estimate of drug-likeness (QED) is 0.377. The van der Waals surface area contributed by atoms with Gasteiger partial charge >= 0.3 is 6.09 Å². The van der Waals surface area contributed by atoms with Gasteiger partial charge in [-0.05, 0) is 70.6 Å². The molecule has 0 saturated heterocycles. The Morgan fingerprint density at radius 3 is 2.31 bits per heavy atom. The zero-order valence-electron chi connectivity index (χ0n) is 22.5. The van der Waals surface area contributed by atoms with Crippen LogP contribution in [-0.2, 0) is 19.1 Å². The average Bonchev–Trinajstić information content (AvgIpc) is 3.59. The highest BCUT2D eigenvalue weighted by Crippen LogP contribution is 2.36. The van der Waals surface area contributed by atoms with Crippen molar-refractivity contribution in [3.8, 4) is 0 Å². The predicted molar refractivity (Wildman–Crippen MR) is 138 cm³/mol. The van der Waals surface area contributed by atoms with Gasteiger partial charge in [0.25, 0.3) is 0 Å². The van der Waals surface area contributed by atoms with Gasteiger partial charge in [-0.3, -0.25) is 14.4 Å². The van der Waals surface area contributed by atoms with Gasteiger partial charge in [-0.25, -0.2) is 4.79 Å². The predicted octanol–water partition coefficient (Wildman–Crippen LogP) is 3.41. The molecule has 0 aromatic heterocycles. The Kier molecular flexibility index (Phi) is 10.3. The van der Waals surface area contributed by atoms with E-state index in [2.05, 4.69) is 17.6 Å².